The second-order valence-electron chi connectivity index (χ2n) is 5.70. The predicted molar refractivity (Wildman–Crippen MR) is 79.8 cm³/mol. The van der Waals surface area contributed by atoms with Gasteiger partial charge in [0.2, 0.25) is 0 Å². The lowest BCUT2D eigenvalue weighted by Gasteiger charge is -2.40. The molecule has 1 aliphatic heterocycles. The van der Waals surface area contributed by atoms with Gasteiger partial charge in [0.15, 0.2) is 0 Å². The number of rotatable bonds is 3. The zero-order chi connectivity index (χ0) is 14.9. The van der Waals surface area contributed by atoms with Crippen LogP contribution in [0.4, 0.5) is 4.39 Å². The number of benzene rings is 2. The summed E-state index contributed by atoms with van der Waals surface area (Å²) in [6.45, 7) is 2.06. The molecule has 1 heterocycles. The van der Waals surface area contributed by atoms with Crippen LogP contribution >= 0.6 is 0 Å². The standard InChI is InChI=1S/C18H19FO2/c1-2-18(11-13-6-4-3-5-7-13)12-16(20)15-10-14(19)8-9-17(15)21-18/h3-10,16,20H,2,11-12H2,1H3. The maximum atomic E-state index is 13.3. The number of hydrogen-bond acceptors (Lipinski definition) is 2. The van der Waals surface area contributed by atoms with Gasteiger partial charge in [0, 0.05) is 18.4 Å². The fraction of sp³-hybridized carbons (Fsp3) is 0.333. The molecule has 0 spiro atoms. The van der Waals surface area contributed by atoms with Gasteiger partial charge in [-0.3, -0.25) is 0 Å². The lowest BCUT2D eigenvalue weighted by molar-refractivity contribution is -0.0170. The summed E-state index contributed by atoms with van der Waals surface area (Å²) < 4.78 is 19.5. The van der Waals surface area contributed by atoms with E-state index >= 15 is 0 Å². The van der Waals surface area contributed by atoms with Gasteiger partial charge in [-0.15, -0.1) is 0 Å². The quantitative estimate of drug-likeness (QED) is 0.923. The van der Waals surface area contributed by atoms with E-state index in [9.17, 15) is 9.50 Å². The maximum absolute atomic E-state index is 13.3. The summed E-state index contributed by atoms with van der Waals surface area (Å²) >= 11 is 0. The Hall–Kier alpha value is -1.87. The summed E-state index contributed by atoms with van der Waals surface area (Å²) in [5.41, 5.74) is 1.29. The highest BCUT2D eigenvalue weighted by atomic mass is 19.1. The molecule has 2 aromatic carbocycles. The molecule has 0 bridgehead atoms. The molecular formula is C18H19FO2. The predicted octanol–water partition coefficient (Wildman–Crippen LogP) is 4.03. The zero-order valence-corrected chi connectivity index (χ0v) is 12.1. The van der Waals surface area contributed by atoms with Gasteiger partial charge in [0.25, 0.3) is 0 Å². The van der Waals surface area contributed by atoms with Crippen molar-refractivity contribution in [1.82, 2.24) is 0 Å². The van der Waals surface area contributed by atoms with Gasteiger partial charge in [0.1, 0.15) is 17.2 Å². The molecule has 0 aliphatic carbocycles. The van der Waals surface area contributed by atoms with E-state index in [4.69, 9.17) is 4.74 Å². The third-order valence-electron chi connectivity index (χ3n) is 4.24. The summed E-state index contributed by atoms with van der Waals surface area (Å²) in [7, 11) is 0. The molecule has 0 fully saturated rings. The molecule has 1 aliphatic rings. The van der Waals surface area contributed by atoms with Crippen molar-refractivity contribution in [3.8, 4) is 5.75 Å². The Bertz CT molecular complexity index is 626. The van der Waals surface area contributed by atoms with Gasteiger partial charge in [0.05, 0.1) is 6.10 Å². The van der Waals surface area contributed by atoms with E-state index in [-0.39, 0.29) is 5.82 Å². The van der Waals surface area contributed by atoms with Gasteiger partial charge >= 0.3 is 0 Å². The molecule has 0 saturated carbocycles. The first kappa shape index (κ1) is 14.1. The summed E-state index contributed by atoms with van der Waals surface area (Å²) in [6.07, 6.45) is 1.32. The third kappa shape index (κ3) is 2.79. The number of halogens is 1. The SMILES string of the molecule is CCC1(Cc2ccccc2)CC(O)c2cc(F)ccc2O1. The number of hydrogen-bond donors (Lipinski definition) is 1. The van der Waals surface area contributed by atoms with E-state index in [1.165, 1.54) is 17.7 Å². The Labute approximate surface area is 124 Å². The van der Waals surface area contributed by atoms with E-state index in [2.05, 4.69) is 19.1 Å². The van der Waals surface area contributed by atoms with Crippen molar-refractivity contribution >= 4 is 0 Å². The monoisotopic (exact) mass is 286 g/mol. The van der Waals surface area contributed by atoms with Crippen LogP contribution in [-0.2, 0) is 6.42 Å². The van der Waals surface area contributed by atoms with E-state index in [1.54, 1.807) is 6.07 Å². The van der Waals surface area contributed by atoms with Crippen LogP contribution in [0.5, 0.6) is 5.75 Å². The normalized spacial score (nSPS) is 24.2. The molecular weight excluding hydrogens is 267 g/mol. The van der Waals surface area contributed by atoms with Crippen molar-refractivity contribution in [3.05, 3.63) is 65.5 Å². The van der Waals surface area contributed by atoms with Crippen molar-refractivity contribution < 1.29 is 14.2 Å². The molecule has 3 rings (SSSR count). The van der Waals surface area contributed by atoms with Gasteiger partial charge in [-0.25, -0.2) is 4.39 Å². The van der Waals surface area contributed by atoms with Crippen molar-refractivity contribution in [2.24, 2.45) is 0 Å². The Balaban J connectivity index is 1.92. The minimum atomic E-state index is -0.687. The molecule has 3 heteroatoms. The van der Waals surface area contributed by atoms with E-state index < -0.39 is 11.7 Å². The molecule has 0 saturated heterocycles. The van der Waals surface area contributed by atoms with E-state index in [1.807, 2.05) is 18.2 Å². The van der Waals surface area contributed by atoms with Crippen molar-refractivity contribution in [1.29, 1.82) is 0 Å². The highest BCUT2D eigenvalue weighted by Gasteiger charge is 2.39. The largest absolute Gasteiger partial charge is 0.486 e. The van der Waals surface area contributed by atoms with Crippen LogP contribution in [0.1, 0.15) is 37.0 Å². The van der Waals surface area contributed by atoms with Gasteiger partial charge in [-0.05, 0) is 30.2 Å². The molecule has 21 heavy (non-hydrogen) atoms. The van der Waals surface area contributed by atoms with Crippen LogP contribution in [0, 0.1) is 5.82 Å². The highest BCUT2D eigenvalue weighted by molar-refractivity contribution is 5.39. The number of fused-ring (bicyclic) bond motifs is 1. The average Bonchev–Trinajstić information content (AvgIpc) is 2.49. The van der Waals surface area contributed by atoms with E-state index in [0.717, 1.165) is 12.8 Å². The van der Waals surface area contributed by atoms with Crippen LogP contribution < -0.4 is 4.74 Å². The molecule has 2 unspecified atom stereocenters. The number of aliphatic hydroxyl groups excluding tert-OH is 1. The fourth-order valence-corrected chi connectivity index (χ4v) is 3.03. The summed E-state index contributed by atoms with van der Waals surface area (Å²) in [6, 6.07) is 14.5. The van der Waals surface area contributed by atoms with Crippen LogP contribution in [-0.4, -0.2) is 10.7 Å². The first-order valence-corrected chi connectivity index (χ1v) is 7.32. The van der Waals surface area contributed by atoms with Gasteiger partial charge in [-0.1, -0.05) is 37.3 Å². The highest BCUT2D eigenvalue weighted by Crippen LogP contribution is 2.42. The number of ether oxygens (including phenoxy) is 1. The average molecular weight is 286 g/mol. The minimum absolute atomic E-state index is 0.344. The summed E-state index contributed by atoms with van der Waals surface area (Å²) in [4.78, 5) is 0. The minimum Gasteiger partial charge on any atom is -0.486 e. The lowest BCUT2D eigenvalue weighted by Crippen LogP contribution is -2.42. The topological polar surface area (TPSA) is 29.5 Å². The first-order chi connectivity index (χ1) is 10.1. The summed E-state index contributed by atoms with van der Waals surface area (Å²) in [5, 5.41) is 10.4. The molecule has 0 radical (unpaired) electrons. The van der Waals surface area contributed by atoms with Crippen molar-refractivity contribution in [2.45, 2.75) is 37.9 Å². The summed E-state index contributed by atoms with van der Waals surface area (Å²) in [5.74, 6) is 0.247. The molecule has 0 amide bonds. The first-order valence-electron chi connectivity index (χ1n) is 7.32. The molecule has 2 atom stereocenters. The number of aliphatic hydroxyl groups is 1. The van der Waals surface area contributed by atoms with Gasteiger partial charge in [-0.2, -0.15) is 0 Å². The second-order valence-corrected chi connectivity index (χ2v) is 5.70. The maximum Gasteiger partial charge on any atom is 0.126 e. The molecule has 0 aromatic heterocycles. The smallest absolute Gasteiger partial charge is 0.126 e. The Morgan fingerprint density at radius 1 is 1.24 bits per heavy atom. The molecule has 1 N–H and O–H groups in total. The van der Waals surface area contributed by atoms with Crippen molar-refractivity contribution in [2.75, 3.05) is 0 Å². The third-order valence-corrected chi connectivity index (χ3v) is 4.24. The molecule has 2 nitrogen and oxygen atoms in total. The molecule has 110 valence electrons. The lowest BCUT2D eigenvalue weighted by atomic mass is 9.82. The zero-order valence-electron chi connectivity index (χ0n) is 12.1. The molecule has 2 aromatic rings. The Morgan fingerprint density at radius 3 is 2.71 bits per heavy atom. The van der Waals surface area contributed by atoms with Crippen LogP contribution in [0.2, 0.25) is 0 Å². The van der Waals surface area contributed by atoms with Crippen LogP contribution in [0.3, 0.4) is 0 Å². The van der Waals surface area contributed by atoms with Crippen LogP contribution in [0.25, 0.3) is 0 Å². The van der Waals surface area contributed by atoms with E-state index in [0.29, 0.717) is 17.7 Å². The second kappa shape index (κ2) is 5.49. The van der Waals surface area contributed by atoms with Gasteiger partial charge < -0.3 is 9.84 Å². The fourth-order valence-electron chi connectivity index (χ4n) is 3.03. The van der Waals surface area contributed by atoms with Crippen LogP contribution in [0.15, 0.2) is 48.5 Å². The van der Waals surface area contributed by atoms with Crippen molar-refractivity contribution in [3.63, 3.8) is 0 Å². The Morgan fingerprint density at radius 2 is 2.00 bits per heavy atom. The Kier molecular flexibility index (Phi) is 3.68.